The van der Waals surface area contributed by atoms with Crippen molar-refractivity contribution in [2.24, 2.45) is 0 Å². The van der Waals surface area contributed by atoms with Crippen LogP contribution in [0.3, 0.4) is 0 Å². The van der Waals surface area contributed by atoms with E-state index < -0.39 is 0 Å². The summed E-state index contributed by atoms with van der Waals surface area (Å²) in [6, 6.07) is 6.21. The maximum absolute atomic E-state index is 4.67. The molecule has 0 aliphatic heterocycles. The highest BCUT2D eigenvalue weighted by Crippen LogP contribution is 2.39. The molecule has 4 heteroatoms. The van der Waals surface area contributed by atoms with Crippen molar-refractivity contribution in [3.63, 3.8) is 0 Å². The molecule has 0 radical (unpaired) electrons. The van der Waals surface area contributed by atoms with Gasteiger partial charge in [-0.15, -0.1) is 0 Å². The fraction of sp³-hybridized carbons (Fsp3) is 0.500. The third-order valence-electron chi connectivity index (χ3n) is 3.50. The average molecular weight is 270 g/mol. The summed E-state index contributed by atoms with van der Waals surface area (Å²) in [6.07, 6.45) is 6.40. The Morgan fingerprint density at radius 3 is 2.80 bits per heavy atom. The molecule has 1 aliphatic carbocycles. The zero-order valence-corrected chi connectivity index (χ0v) is 12.4. The summed E-state index contributed by atoms with van der Waals surface area (Å²) in [4.78, 5) is 4.50. The lowest BCUT2D eigenvalue weighted by Crippen LogP contribution is -2.35. The van der Waals surface area contributed by atoms with Crippen molar-refractivity contribution in [1.82, 2.24) is 20.1 Å². The van der Waals surface area contributed by atoms with Gasteiger partial charge in [0, 0.05) is 36.0 Å². The molecule has 20 heavy (non-hydrogen) atoms. The van der Waals surface area contributed by atoms with Crippen molar-refractivity contribution in [3.05, 3.63) is 41.9 Å². The van der Waals surface area contributed by atoms with Gasteiger partial charge in [-0.2, -0.15) is 5.10 Å². The summed E-state index contributed by atoms with van der Waals surface area (Å²) in [7, 11) is 0. The summed E-state index contributed by atoms with van der Waals surface area (Å²) in [6.45, 7) is 7.30. The summed E-state index contributed by atoms with van der Waals surface area (Å²) < 4.78 is 1.91. The molecule has 3 rings (SSSR count). The molecule has 0 unspecified atom stereocenters. The SMILES string of the molecule is CC(C)(C)NCc1cccnc1-n1ccc(C2CC2)n1. The first-order chi connectivity index (χ1) is 9.53. The van der Waals surface area contributed by atoms with E-state index in [1.54, 1.807) is 0 Å². The molecular weight excluding hydrogens is 248 g/mol. The Labute approximate surface area is 120 Å². The number of hydrogen-bond donors (Lipinski definition) is 1. The molecule has 1 fully saturated rings. The van der Waals surface area contributed by atoms with Gasteiger partial charge < -0.3 is 5.32 Å². The van der Waals surface area contributed by atoms with Gasteiger partial charge in [0.05, 0.1) is 5.69 Å². The monoisotopic (exact) mass is 270 g/mol. The fourth-order valence-electron chi connectivity index (χ4n) is 2.19. The van der Waals surface area contributed by atoms with Crippen LogP contribution in [-0.2, 0) is 6.54 Å². The van der Waals surface area contributed by atoms with Crippen molar-refractivity contribution in [1.29, 1.82) is 0 Å². The molecule has 1 N–H and O–H groups in total. The van der Waals surface area contributed by atoms with Crippen LogP contribution in [0.15, 0.2) is 30.6 Å². The van der Waals surface area contributed by atoms with Crippen LogP contribution in [0.1, 0.15) is 50.8 Å². The highest BCUT2D eigenvalue weighted by Gasteiger charge is 2.26. The number of aromatic nitrogens is 3. The lowest BCUT2D eigenvalue weighted by atomic mass is 10.1. The molecule has 0 amide bonds. The molecular formula is C16H22N4. The van der Waals surface area contributed by atoms with Crippen molar-refractivity contribution in [3.8, 4) is 5.82 Å². The molecule has 106 valence electrons. The smallest absolute Gasteiger partial charge is 0.157 e. The molecule has 4 nitrogen and oxygen atoms in total. The van der Waals surface area contributed by atoms with Crippen LogP contribution in [0, 0.1) is 0 Å². The molecule has 0 atom stereocenters. The van der Waals surface area contributed by atoms with Gasteiger partial charge in [-0.05, 0) is 45.7 Å². The average Bonchev–Trinajstić information content (AvgIpc) is 3.14. The van der Waals surface area contributed by atoms with E-state index in [9.17, 15) is 0 Å². The highest BCUT2D eigenvalue weighted by atomic mass is 15.3. The Balaban J connectivity index is 1.84. The van der Waals surface area contributed by atoms with E-state index in [-0.39, 0.29) is 5.54 Å². The quantitative estimate of drug-likeness (QED) is 0.928. The van der Waals surface area contributed by atoms with E-state index in [2.05, 4.69) is 48.3 Å². The number of pyridine rings is 1. The van der Waals surface area contributed by atoms with Gasteiger partial charge in [0.25, 0.3) is 0 Å². The normalized spacial score (nSPS) is 15.6. The van der Waals surface area contributed by atoms with Crippen molar-refractivity contribution in [2.75, 3.05) is 0 Å². The first-order valence-corrected chi connectivity index (χ1v) is 7.28. The lowest BCUT2D eigenvalue weighted by molar-refractivity contribution is 0.423. The van der Waals surface area contributed by atoms with Gasteiger partial charge in [-0.25, -0.2) is 9.67 Å². The van der Waals surface area contributed by atoms with E-state index >= 15 is 0 Å². The second kappa shape index (κ2) is 5.02. The van der Waals surface area contributed by atoms with E-state index in [1.807, 2.05) is 23.1 Å². The van der Waals surface area contributed by atoms with Crippen LogP contribution < -0.4 is 5.32 Å². The molecule has 2 aromatic rings. The Kier molecular flexibility index (Phi) is 3.34. The van der Waals surface area contributed by atoms with Gasteiger partial charge in [0.2, 0.25) is 0 Å². The largest absolute Gasteiger partial charge is 0.308 e. The summed E-state index contributed by atoms with van der Waals surface area (Å²) in [5.41, 5.74) is 2.47. The van der Waals surface area contributed by atoms with E-state index in [4.69, 9.17) is 0 Å². The lowest BCUT2D eigenvalue weighted by Gasteiger charge is -2.21. The van der Waals surface area contributed by atoms with Crippen molar-refractivity contribution >= 4 is 0 Å². The molecule has 0 spiro atoms. The van der Waals surface area contributed by atoms with Crippen LogP contribution in [0.4, 0.5) is 0 Å². The maximum Gasteiger partial charge on any atom is 0.157 e. The highest BCUT2D eigenvalue weighted by molar-refractivity contribution is 5.33. The molecule has 0 bridgehead atoms. The van der Waals surface area contributed by atoms with Crippen LogP contribution in [0.5, 0.6) is 0 Å². The number of nitrogens with one attached hydrogen (secondary N) is 1. The second-order valence-electron chi connectivity index (χ2n) is 6.55. The number of hydrogen-bond acceptors (Lipinski definition) is 3. The summed E-state index contributed by atoms with van der Waals surface area (Å²) in [5.74, 6) is 1.60. The standard InChI is InChI=1S/C16H22N4/c1-16(2,3)18-11-13-5-4-9-17-15(13)20-10-8-14(19-20)12-6-7-12/h4-5,8-10,12,18H,6-7,11H2,1-3H3. The zero-order chi connectivity index (χ0) is 14.2. The zero-order valence-electron chi connectivity index (χ0n) is 12.4. The summed E-state index contributed by atoms with van der Waals surface area (Å²) >= 11 is 0. The maximum atomic E-state index is 4.67. The van der Waals surface area contributed by atoms with E-state index in [0.29, 0.717) is 5.92 Å². The van der Waals surface area contributed by atoms with E-state index in [1.165, 1.54) is 24.1 Å². The fourth-order valence-corrected chi connectivity index (χ4v) is 2.19. The van der Waals surface area contributed by atoms with Crippen LogP contribution >= 0.6 is 0 Å². The van der Waals surface area contributed by atoms with Gasteiger partial charge in [-0.3, -0.25) is 0 Å². The van der Waals surface area contributed by atoms with Crippen molar-refractivity contribution < 1.29 is 0 Å². The van der Waals surface area contributed by atoms with E-state index in [0.717, 1.165) is 12.4 Å². The Bertz CT molecular complexity index is 591. The van der Waals surface area contributed by atoms with Gasteiger partial charge >= 0.3 is 0 Å². The first kappa shape index (κ1) is 13.3. The molecule has 2 aromatic heterocycles. The first-order valence-electron chi connectivity index (χ1n) is 7.28. The molecule has 2 heterocycles. The predicted molar refractivity (Wildman–Crippen MR) is 79.9 cm³/mol. The van der Waals surface area contributed by atoms with Crippen LogP contribution in [0.2, 0.25) is 0 Å². The Hall–Kier alpha value is -1.68. The number of nitrogens with zero attached hydrogens (tertiary/aromatic N) is 3. The number of rotatable bonds is 4. The van der Waals surface area contributed by atoms with Gasteiger partial charge in [0.15, 0.2) is 5.82 Å². The molecule has 1 aliphatic rings. The molecule has 0 aromatic carbocycles. The summed E-state index contributed by atoms with van der Waals surface area (Å²) in [5, 5.41) is 8.18. The second-order valence-corrected chi connectivity index (χ2v) is 6.55. The Morgan fingerprint density at radius 2 is 2.10 bits per heavy atom. The molecule has 0 saturated heterocycles. The van der Waals surface area contributed by atoms with Crippen LogP contribution in [0.25, 0.3) is 5.82 Å². The van der Waals surface area contributed by atoms with Crippen molar-refractivity contribution in [2.45, 2.75) is 51.6 Å². The van der Waals surface area contributed by atoms with Gasteiger partial charge in [-0.1, -0.05) is 6.07 Å². The minimum Gasteiger partial charge on any atom is -0.308 e. The minimum atomic E-state index is 0.0937. The third-order valence-corrected chi connectivity index (χ3v) is 3.50. The van der Waals surface area contributed by atoms with Gasteiger partial charge in [0.1, 0.15) is 0 Å². The third kappa shape index (κ3) is 3.07. The molecule has 1 saturated carbocycles. The Morgan fingerprint density at radius 1 is 1.30 bits per heavy atom. The van der Waals surface area contributed by atoms with Crippen LogP contribution in [-0.4, -0.2) is 20.3 Å². The predicted octanol–water partition coefficient (Wildman–Crippen LogP) is 3.03. The topological polar surface area (TPSA) is 42.7 Å². The minimum absolute atomic E-state index is 0.0937.